The number of aromatic nitrogens is 3. The molecule has 0 N–H and O–H groups in total. The Kier molecular flexibility index (Phi) is 3.71. The molecule has 21 heavy (non-hydrogen) atoms. The molecule has 0 atom stereocenters. The molecule has 1 heterocycles. The lowest BCUT2D eigenvalue weighted by molar-refractivity contribution is 0.725. The van der Waals surface area contributed by atoms with E-state index in [2.05, 4.69) is 77.8 Å². The number of rotatable bonds is 4. The third-order valence-electron chi connectivity index (χ3n) is 3.78. The minimum atomic E-state index is -1.59. The van der Waals surface area contributed by atoms with Crippen LogP contribution in [0, 0.1) is 0 Å². The molecule has 0 aliphatic rings. The van der Waals surface area contributed by atoms with E-state index in [1.165, 1.54) is 16.3 Å². The molecule has 3 aromatic rings. The number of hydrogen-bond donors (Lipinski definition) is 0. The summed E-state index contributed by atoms with van der Waals surface area (Å²) >= 11 is 0. The Morgan fingerprint density at radius 2 is 1.71 bits per heavy atom. The van der Waals surface area contributed by atoms with Gasteiger partial charge in [-0.2, -0.15) is 5.10 Å². The van der Waals surface area contributed by atoms with Gasteiger partial charge in [0.15, 0.2) is 0 Å². The Balaban J connectivity index is 1.92. The minimum absolute atomic E-state index is 0.950. The molecule has 0 aliphatic heterocycles. The average Bonchev–Trinajstić information content (AvgIpc) is 3.00. The minimum Gasteiger partial charge on any atom is -0.256 e. The largest absolute Gasteiger partial charge is 0.256 e. The summed E-state index contributed by atoms with van der Waals surface area (Å²) in [7, 11) is -1.59. The van der Waals surface area contributed by atoms with E-state index in [-0.39, 0.29) is 0 Å². The highest BCUT2D eigenvalue weighted by Gasteiger charge is 2.24. The van der Waals surface area contributed by atoms with Crippen molar-refractivity contribution in [1.29, 1.82) is 0 Å². The van der Waals surface area contributed by atoms with Gasteiger partial charge in [0.2, 0.25) is 0 Å². The van der Waals surface area contributed by atoms with Crippen LogP contribution < -0.4 is 5.19 Å². The summed E-state index contributed by atoms with van der Waals surface area (Å²) in [6, 6.07) is 19.5. The molecule has 4 heteroatoms. The van der Waals surface area contributed by atoms with Crippen LogP contribution in [0.3, 0.4) is 0 Å². The molecule has 0 amide bonds. The highest BCUT2D eigenvalue weighted by atomic mass is 28.3. The first-order valence-corrected chi connectivity index (χ1v) is 10.3. The molecule has 0 unspecified atom stereocenters. The van der Waals surface area contributed by atoms with Crippen molar-refractivity contribution in [2.75, 3.05) is 0 Å². The quantitative estimate of drug-likeness (QED) is 0.692. The first kappa shape index (κ1) is 13.8. The molecule has 0 spiro atoms. The third-order valence-corrected chi connectivity index (χ3v) is 6.76. The summed E-state index contributed by atoms with van der Waals surface area (Å²) in [6.07, 6.45) is 4.35. The predicted octanol–water partition coefficient (Wildman–Crippen LogP) is 3.10. The zero-order chi connectivity index (χ0) is 14.7. The van der Waals surface area contributed by atoms with Crippen LogP contribution in [0.15, 0.2) is 67.3 Å². The van der Waals surface area contributed by atoms with Crippen molar-refractivity contribution in [3.63, 3.8) is 0 Å². The van der Waals surface area contributed by atoms with Gasteiger partial charge in [-0.3, -0.25) is 4.68 Å². The van der Waals surface area contributed by atoms with E-state index in [1.54, 1.807) is 12.7 Å². The molecule has 3 nitrogen and oxygen atoms in total. The smallest absolute Gasteiger partial charge is 0.137 e. The van der Waals surface area contributed by atoms with Crippen molar-refractivity contribution in [2.45, 2.75) is 19.3 Å². The van der Waals surface area contributed by atoms with Gasteiger partial charge >= 0.3 is 0 Å². The molecule has 0 aliphatic carbocycles. The van der Waals surface area contributed by atoms with Gasteiger partial charge in [0.05, 0.1) is 0 Å². The van der Waals surface area contributed by atoms with Crippen LogP contribution in [0.5, 0.6) is 0 Å². The molecule has 106 valence electrons. The second-order valence-corrected chi connectivity index (χ2v) is 10.6. The fourth-order valence-corrected chi connectivity index (χ4v) is 4.81. The average molecular weight is 293 g/mol. The Morgan fingerprint density at radius 1 is 0.952 bits per heavy atom. The standard InChI is InChI=1S/C17H19N3Si/c1-21(2,14-20-13-18-12-19-20)17-10-6-9-16(11-17)15-7-4-3-5-8-15/h3-13H,14H2,1-2H3. The zero-order valence-electron chi connectivity index (χ0n) is 12.4. The molecule has 0 fully saturated rings. The molecular weight excluding hydrogens is 274 g/mol. The van der Waals surface area contributed by atoms with E-state index in [9.17, 15) is 0 Å². The predicted molar refractivity (Wildman–Crippen MR) is 89.0 cm³/mol. The highest BCUT2D eigenvalue weighted by molar-refractivity contribution is 6.88. The van der Waals surface area contributed by atoms with Gasteiger partial charge in [-0.05, 0) is 11.1 Å². The molecule has 3 rings (SSSR count). The molecule has 0 radical (unpaired) electrons. The first-order valence-electron chi connectivity index (χ1n) is 7.13. The zero-order valence-corrected chi connectivity index (χ0v) is 13.4. The lowest BCUT2D eigenvalue weighted by Gasteiger charge is -2.23. The summed E-state index contributed by atoms with van der Waals surface area (Å²) in [4.78, 5) is 4.04. The Hall–Kier alpha value is -2.20. The summed E-state index contributed by atoms with van der Waals surface area (Å²) in [5.41, 5.74) is 2.55. The van der Waals surface area contributed by atoms with Crippen molar-refractivity contribution < 1.29 is 0 Å². The number of benzene rings is 2. The highest BCUT2D eigenvalue weighted by Crippen LogP contribution is 2.19. The first-order chi connectivity index (χ1) is 10.1. The van der Waals surface area contributed by atoms with Crippen LogP contribution in [0.1, 0.15) is 0 Å². The number of hydrogen-bond acceptors (Lipinski definition) is 2. The maximum absolute atomic E-state index is 4.25. The van der Waals surface area contributed by atoms with Crippen LogP contribution in [0.25, 0.3) is 11.1 Å². The van der Waals surface area contributed by atoms with Gasteiger partial charge in [-0.15, -0.1) is 0 Å². The van der Waals surface area contributed by atoms with Crippen molar-refractivity contribution >= 4 is 13.3 Å². The Morgan fingerprint density at radius 3 is 2.43 bits per heavy atom. The SMILES string of the molecule is C[Si](C)(Cn1cncn1)c1cccc(-c2ccccc2)c1. The van der Waals surface area contributed by atoms with E-state index in [0.29, 0.717) is 0 Å². The van der Waals surface area contributed by atoms with E-state index in [0.717, 1.165) is 6.17 Å². The topological polar surface area (TPSA) is 30.7 Å². The lowest BCUT2D eigenvalue weighted by Crippen LogP contribution is -2.46. The van der Waals surface area contributed by atoms with Gasteiger partial charge in [-0.25, -0.2) is 4.98 Å². The maximum Gasteiger partial charge on any atom is 0.137 e. The summed E-state index contributed by atoms with van der Waals surface area (Å²) < 4.78 is 1.95. The van der Waals surface area contributed by atoms with Gasteiger partial charge in [0.1, 0.15) is 20.7 Å². The Bertz CT molecular complexity index is 706. The molecule has 2 aromatic carbocycles. The van der Waals surface area contributed by atoms with Crippen LogP contribution >= 0.6 is 0 Å². The fraction of sp³-hybridized carbons (Fsp3) is 0.176. The normalized spacial score (nSPS) is 11.5. The second kappa shape index (κ2) is 5.66. The monoisotopic (exact) mass is 293 g/mol. The lowest BCUT2D eigenvalue weighted by atomic mass is 10.1. The van der Waals surface area contributed by atoms with E-state index >= 15 is 0 Å². The number of nitrogens with zero attached hydrogens (tertiary/aromatic N) is 3. The summed E-state index contributed by atoms with van der Waals surface area (Å²) in [6.45, 7) is 4.75. The summed E-state index contributed by atoms with van der Waals surface area (Å²) in [5, 5.41) is 5.69. The van der Waals surface area contributed by atoms with Crippen LogP contribution in [-0.2, 0) is 6.17 Å². The van der Waals surface area contributed by atoms with Gasteiger partial charge < -0.3 is 0 Å². The van der Waals surface area contributed by atoms with Crippen molar-refractivity contribution in [2.24, 2.45) is 0 Å². The molecular formula is C17H19N3Si. The third kappa shape index (κ3) is 3.11. The van der Waals surface area contributed by atoms with E-state index in [1.807, 2.05) is 4.68 Å². The van der Waals surface area contributed by atoms with E-state index in [4.69, 9.17) is 0 Å². The van der Waals surface area contributed by atoms with Gasteiger partial charge in [-0.1, -0.05) is 72.9 Å². The summed E-state index contributed by atoms with van der Waals surface area (Å²) in [5.74, 6) is 0. The van der Waals surface area contributed by atoms with Crippen LogP contribution in [0.2, 0.25) is 13.1 Å². The molecule has 0 bridgehead atoms. The Labute approximate surface area is 126 Å². The van der Waals surface area contributed by atoms with Gasteiger partial charge in [0.25, 0.3) is 0 Å². The van der Waals surface area contributed by atoms with Crippen LogP contribution in [0.4, 0.5) is 0 Å². The van der Waals surface area contributed by atoms with Crippen LogP contribution in [-0.4, -0.2) is 22.8 Å². The molecule has 0 saturated carbocycles. The molecule has 0 saturated heterocycles. The van der Waals surface area contributed by atoms with Crippen molar-refractivity contribution in [3.8, 4) is 11.1 Å². The fourth-order valence-electron chi connectivity index (χ4n) is 2.56. The molecule has 1 aromatic heterocycles. The maximum atomic E-state index is 4.25. The van der Waals surface area contributed by atoms with Crippen molar-refractivity contribution in [3.05, 3.63) is 67.3 Å². The van der Waals surface area contributed by atoms with Gasteiger partial charge in [0, 0.05) is 6.17 Å². The van der Waals surface area contributed by atoms with E-state index < -0.39 is 8.07 Å². The second-order valence-electron chi connectivity index (χ2n) is 5.92. The van der Waals surface area contributed by atoms with Crippen molar-refractivity contribution in [1.82, 2.24) is 14.8 Å².